The van der Waals surface area contributed by atoms with Gasteiger partial charge >= 0.3 is 0 Å². The first-order valence-electron chi connectivity index (χ1n) is 6.94. The highest BCUT2D eigenvalue weighted by molar-refractivity contribution is 5.82. The van der Waals surface area contributed by atoms with Crippen LogP contribution in [0.4, 0.5) is 0 Å². The molecule has 0 radical (unpaired) electrons. The topological polar surface area (TPSA) is 41.6 Å². The number of carbonyl (C=O) groups excluding carboxylic acids is 1. The van der Waals surface area contributed by atoms with Crippen molar-refractivity contribution >= 4 is 5.91 Å². The van der Waals surface area contributed by atoms with Gasteiger partial charge in [-0.05, 0) is 45.6 Å². The molecule has 2 aliphatic rings. The van der Waals surface area contributed by atoms with Crippen LogP contribution in [0.1, 0.15) is 39.0 Å². The highest BCUT2D eigenvalue weighted by atomic mass is 16.5. The van der Waals surface area contributed by atoms with Crippen molar-refractivity contribution in [3.63, 3.8) is 0 Å². The maximum Gasteiger partial charge on any atom is 0.240 e. The Kier molecular flexibility index (Phi) is 4.80. The fourth-order valence-corrected chi connectivity index (χ4v) is 2.81. The van der Waals surface area contributed by atoms with Crippen molar-refractivity contribution in [3.8, 4) is 0 Å². The third kappa shape index (κ3) is 3.19. The second-order valence-corrected chi connectivity index (χ2v) is 4.99. The fraction of sp³-hybridized carbons (Fsp3) is 0.923. The molecule has 0 aromatic heterocycles. The van der Waals surface area contributed by atoms with E-state index in [-0.39, 0.29) is 6.04 Å². The van der Waals surface area contributed by atoms with Crippen molar-refractivity contribution in [2.24, 2.45) is 0 Å². The van der Waals surface area contributed by atoms with Gasteiger partial charge in [-0.15, -0.1) is 0 Å². The van der Waals surface area contributed by atoms with Crippen LogP contribution >= 0.6 is 0 Å². The van der Waals surface area contributed by atoms with E-state index in [9.17, 15) is 4.79 Å². The average molecular weight is 240 g/mol. The molecule has 2 heterocycles. The fourth-order valence-electron chi connectivity index (χ4n) is 2.81. The summed E-state index contributed by atoms with van der Waals surface area (Å²) in [4.78, 5) is 14.4. The van der Waals surface area contributed by atoms with Gasteiger partial charge in [0, 0.05) is 13.2 Å². The number of rotatable bonds is 4. The van der Waals surface area contributed by atoms with Gasteiger partial charge in [0.1, 0.15) is 0 Å². The summed E-state index contributed by atoms with van der Waals surface area (Å²) in [6, 6.07) is 0.371. The minimum Gasteiger partial charge on any atom is -0.380 e. The molecule has 1 amide bonds. The van der Waals surface area contributed by atoms with E-state index in [2.05, 4.69) is 10.2 Å². The molecule has 2 fully saturated rings. The molecule has 2 rings (SSSR count). The van der Waals surface area contributed by atoms with Crippen LogP contribution < -0.4 is 5.32 Å². The van der Waals surface area contributed by atoms with E-state index in [1.165, 1.54) is 6.42 Å². The van der Waals surface area contributed by atoms with Crippen molar-refractivity contribution < 1.29 is 9.53 Å². The van der Waals surface area contributed by atoms with Gasteiger partial charge < -0.3 is 15.0 Å². The highest BCUT2D eigenvalue weighted by Gasteiger charge is 2.32. The highest BCUT2D eigenvalue weighted by Crippen LogP contribution is 2.20. The van der Waals surface area contributed by atoms with Crippen LogP contribution in [-0.2, 0) is 9.53 Å². The smallest absolute Gasteiger partial charge is 0.240 e. The molecule has 1 N–H and O–H groups in total. The van der Waals surface area contributed by atoms with Crippen LogP contribution in [0.15, 0.2) is 0 Å². The first kappa shape index (κ1) is 12.8. The number of ether oxygens (including phenoxy) is 1. The lowest BCUT2D eigenvalue weighted by molar-refractivity contribution is -0.138. The molecule has 0 saturated carbocycles. The molecule has 0 bridgehead atoms. The van der Waals surface area contributed by atoms with Crippen LogP contribution in [-0.4, -0.2) is 49.2 Å². The second-order valence-electron chi connectivity index (χ2n) is 4.99. The molecular weight excluding hydrogens is 216 g/mol. The van der Waals surface area contributed by atoms with E-state index in [0.29, 0.717) is 18.6 Å². The number of nitrogens with zero attached hydrogens (tertiary/aromatic N) is 1. The summed E-state index contributed by atoms with van der Waals surface area (Å²) in [6.45, 7) is 5.35. The van der Waals surface area contributed by atoms with Gasteiger partial charge in [0.25, 0.3) is 0 Å². The molecule has 2 atom stereocenters. The Labute approximate surface area is 104 Å². The van der Waals surface area contributed by atoms with Crippen LogP contribution in [0.5, 0.6) is 0 Å². The van der Waals surface area contributed by atoms with E-state index in [0.717, 1.165) is 45.4 Å². The maximum absolute atomic E-state index is 12.4. The first-order chi connectivity index (χ1) is 8.33. The number of hydrogen-bond acceptors (Lipinski definition) is 3. The summed E-state index contributed by atoms with van der Waals surface area (Å²) < 4.78 is 5.50. The Morgan fingerprint density at radius 2 is 2.24 bits per heavy atom. The normalized spacial score (nSPS) is 29.6. The van der Waals surface area contributed by atoms with Crippen molar-refractivity contribution in [2.75, 3.05) is 26.3 Å². The molecule has 0 aromatic carbocycles. The van der Waals surface area contributed by atoms with E-state index >= 15 is 0 Å². The lowest BCUT2D eigenvalue weighted by Gasteiger charge is -2.37. The summed E-state index contributed by atoms with van der Waals surface area (Å²) in [7, 11) is 0. The molecule has 4 heteroatoms. The van der Waals surface area contributed by atoms with Crippen LogP contribution in [0, 0.1) is 0 Å². The van der Waals surface area contributed by atoms with Crippen molar-refractivity contribution in [2.45, 2.75) is 51.1 Å². The second kappa shape index (κ2) is 6.36. The van der Waals surface area contributed by atoms with Crippen molar-refractivity contribution in [3.05, 3.63) is 0 Å². The summed E-state index contributed by atoms with van der Waals surface area (Å²) in [6.07, 6.45) is 5.58. The molecule has 98 valence electrons. The minimum atomic E-state index is 0.0669. The lowest BCUT2D eigenvalue weighted by atomic mass is 10.0. The number of piperidine rings is 1. The third-order valence-electron chi connectivity index (χ3n) is 3.78. The Balaban J connectivity index is 1.92. The number of nitrogens with one attached hydrogen (secondary N) is 1. The van der Waals surface area contributed by atoms with Gasteiger partial charge in [0.2, 0.25) is 5.91 Å². The molecule has 0 aromatic rings. The summed E-state index contributed by atoms with van der Waals surface area (Å²) >= 11 is 0. The summed E-state index contributed by atoms with van der Waals surface area (Å²) in [5, 5.41) is 3.30. The van der Waals surface area contributed by atoms with Crippen LogP contribution in [0.25, 0.3) is 0 Å². The van der Waals surface area contributed by atoms with Gasteiger partial charge in [-0.1, -0.05) is 0 Å². The Bertz CT molecular complexity index is 252. The Morgan fingerprint density at radius 1 is 1.35 bits per heavy atom. The predicted molar refractivity (Wildman–Crippen MR) is 66.9 cm³/mol. The zero-order chi connectivity index (χ0) is 12.1. The zero-order valence-electron chi connectivity index (χ0n) is 10.8. The number of carbonyl (C=O) groups is 1. The molecule has 0 spiro atoms. The minimum absolute atomic E-state index is 0.0669. The van der Waals surface area contributed by atoms with Gasteiger partial charge in [-0.25, -0.2) is 0 Å². The lowest BCUT2D eigenvalue weighted by Crippen LogP contribution is -2.52. The van der Waals surface area contributed by atoms with Gasteiger partial charge in [-0.3, -0.25) is 4.79 Å². The SMILES string of the molecule is CCOC[C@H]1CCCCN1C(=O)[C@@H]1CCCN1. The van der Waals surface area contributed by atoms with Crippen molar-refractivity contribution in [1.82, 2.24) is 10.2 Å². The third-order valence-corrected chi connectivity index (χ3v) is 3.78. The molecule has 0 unspecified atom stereocenters. The standard InChI is InChI=1S/C13H24N2O2/c1-2-17-10-11-6-3-4-9-15(11)13(16)12-7-5-8-14-12/h11-12,14H,2-10H2,1H3/t11-,12+/m1/s1. The Hall–Kier alpha value is -0.610. The van der Waals surface area contributed by atoms with Crippen LogP contribution in [0.3, 0.4) is 0 Å². The van der Waals surface area contributed by atoms with Gasteiger partial charge in [0.15, 0.2) is 0 Å². The maximum atomic E-state index is 12.4. The number of hydrogen-bond donors (Lipinski definition) is 1. The van der Waals surface area contributed by atoms with E-state index in [1.54, 1.807) is 0 Å². The molecular formula is C13H24N2O2. The Morgan fingerprint density at radius 3 is 2.94 bits per heavy atom. The predicted octanol–water partition coefficient (Wildman–Crippen LogP) is 1.16. The molecule has 4 nitrogen and oxygen atoms in total. The van der Waals surface area contributed by atoms with Crippen LogP contribution in [0.2, 0.25) is 0 Å². The largest absolute Gasteiger partial charge is 0.380 e. The molecule has 0 aliphatic carbocycles. The quantitative estimate of drug-likeness (QED) is 0.801. The van der Waals surface area contributed by atoms with Gasteiger partial charge in [0.05, 0.1) is 18.7 Å². The molecule has 2 saturated heterocycles. The number of likely N-dealkylation sites (tertiary alicyclic amines) is 1. The van der Waals surface area contributed by atoms with E-state index in [1.807, 2.05) is 6.92 Å². The average Bonchev–Trinajstić information content (AvgIpc) is 2.89. The summed E-state index contributed by atoms with van der Waals surface area (Å²) in [5.74, 6) is 0.298. The zero-order valence-corrected chi connectivity index (χ0v) is 10.8. The first-order valence-corrected chi connectivity index (χ1v) is 6.94. The monoisotopic (exact) mass is 240 g/mol. The van der Waals surface area contributed by atoms with Crippen molar-refractivity contribution in [1.29, 1.82) is 0 Å². The van der Waals surface area contributed by atoms with E-state index < -0.39 is 0 Å². The number of amides is 1. The molecule has 2 aliphatic heterocycles. The van der Waals surface area contributed by atoms with E-state index in [4.69, 9.17) is 4.74 Å². The summed E-state index contributed by atoms with van der Waals surface area (Å²) in [5.41, 5.74) is 0. The van der Waals surface area contributed by atoms with Gasteiger partial charge in [-0.2, -0.15) is 0 Å². The molecule has 17 heavy (non-hydrogen) atoms.